The molecule has 3 rings (SSSR count). The lowest BCUT2D eigenvalue weighted by Crippen LogP contribution is -2.45. The zero-order valence-electron chi connectivity index (χ0n) is 13.6. The fraction of sp³-hybridized carbons (Fsp3) is 0.647. The Hall–Kier alpha value is -1.28. The summed E-state index contributed by atoms with van der Waals surface area (Å²) in [5.41, 5.74) is -2.45. The summed E-state index contributed by atoms with van der Waals surface area (Å²) in [6.07, 6.45) is -7.09. The summed E-state index contributed by atoms with van der Waals surface area (Å²) in [5.74, 6) is 0.364. The molecule has 1 atom stereocenters. The molecular formula is C17H20F6N2. The van der Waals surface area contributed by atoms with Crippen molar-refractivity contribution in [3.05, 3.63) is 34.9 Å². The number of halogens is 6. The Bertz CT molecular complexity index is 600. The highest BCUT2D eigenvalue weighted by atomic mass is 19.4. The van der Waals surface area contributed by atoms with Crippen LogP contribution in [0.15, 0.2) is 18.2 Å². The van der Waals surface area contributed by atoms with E-state index in [1.807, 2.05) is 4.90 Å². The Kier molecular flexibility index (Phi) is 5.03. The van der Waals surface area contributed by atoms with E-state index in [1.165, 1.54) is 0 Å². The molecule has 140 valence electrons. The maximum absolute atomic E-state index is 13.5. The molecule has 1 saturated carbocycles. The Balaban J connectivity index is 2.01. The maximum Gasteiger partial charge on any atom is 0.416 e. The molecule has 1 heterocycles. The van der Waals surface area contributed by atoms with E-state index < -0.39 is 29.5 Å². The number of nitrogens with one attached hydrogen (secondary N) is 1. The van der Waals surface area contributed by atoms with Crippen LogP contribution in [0.2, 0.25) is 0 Å². The summed E-state index contributed by atoms with van der Waals surface area (Å²) in [6.45, 7) is 2.53. The molecule has 1 aliphatic carbocycles. The van der Waals surface area contributed by atoms with Crippen molar-refractivity contribution in [3.8, 4) is 0 Å². The monoisotopic (exact) mass is 366 g/mol. The number of hydrogen-bond acceptors (Lipinski definition) is 2. The van der Waals surface area contributed by atoms with Crippen molar-refractivity contribution in [2.45, 2.75) is 37.7 Å². The molecule has 2 nitrogen and oxygen atoms in total. The minimum absolute atomic E-state index is 0.0331. The van der Waals surface area contributed by atoms with Gasteiger partial charge in [0.1, 0.15) is 0 Å². The summed E-state index contributed by atoms with van der Waals surface area (Å²) in [6, 6.07) is 1.57. The van der Waals surface area contributed by atoms with Gasteiger partial charge in [0.15, 0.2) is 0 Å². The predicted molar refractivity (Wildman–Crippen MR) is 81.0 cm³/mol. The lowest BCUT2D eigenvalue weighted by atomic mass is 9.92. The van der Waals surface area contributed by atoms with Crippen LogP contribution in [0, 0.1) is 5.92 Å². The van der Waals surface area contributed by atoms with Crippen LogP contribution in [0.1, 0.15) is 42.0 Å². The molecule has 0 bridgehead atoms. The highest BCUT2D eigenvalue weighted by molar-refractivity contribution is 5.38. The van der Waals surface area contributed by atoms with E-state index in [0.717, 1.165) is 25.0 Å². The Morgan fingerprint density at radius 2 is 1.64 bits per heavy atom. The molecule has 2 aliphatic rings. The number of benzene rings is 1. The lowest BCUT2D eigenvalue weighted by molar-refractivity contribution is -0.143. The molecular weight excluding hydrogens is 346 g/mol. The highest BCUT2D eigenvalue weighted by Crippen LogP contribution is 2.45. The molecule has 1 aromatic carbocycles. The van der Waals surface area contributed by atoms with Gasteiger partial charge in [0.2, 0.25) is 0 Å². The number of nitrogens with zero attached hydrogens (tertiary/aromatic N) is 1. The number of alkyl halides is 6. The SMILES string of the molecule is FC(F)(F)c1ccc([C@H](CC2CC2)N2CCNCC2)c(C(F)(F)F)c1. The molecule has 0 radical (unpaired) electrons. The average Bonchev–Trinajstić information content (AvgIpc) is 3.35. The van der Waals surface area contributed by atoms with Gasteiger partial charge in [-0.3, -0.25) is 4.90 Å². The molecule has 8 heteroatoms. The smallest absolute Gasteiger partial charge is 0.314 e. The normalized spacial score (nSPS) is 21.4. The summed E-state index contributed by atoms with van der Waals surface area (Å²) < 4.78 is 79.1. The second-order valence-electron chi connectivity index (χ2n) is 6.78. The Labute approximate surface area is 142 Å². The van der Waals surface area contributed by atoms with Crippen LogP contribution < -0.4 is 5.32 Å². The number of hydrogen-bond donors (Lipinski definition) is 1. The van der Waals surface area contributed by atoms with E-state index in [1.54, 1.807) is 0 Å². The van der Waals surface area contributed by atoms with E-state index in [2.05, 4.69) is 5.32 Å². The van der Waals surface area contributed by atoms with Crippen molar-refractivity contribution in [3.63, 3.8) is 0 Å². The van der Waals surface area contributed by atoms with Crippen LogP contribution in [-0.2, 0) is 12.4 Å². The van der Waals surface area contributed by atoms with Gasteiger partial charge in [-0.05, 0) is 30.0 Å². The van der Waals surface area contributed by atoms with Crippen LogP contribution in [0.3, 0.4) is 0 Å². The van der Waals surface area contributed by atoms with Gasteiger partial charge < -0.3 is 5.32 Å². The van der Waals surface area contributed by atoms with Gasteiger partial charge in [0, 0.05) is 32.2 Å². The van der Waals surface area contributed by atoms with Crippen LogP contribution in [0.25, 0.3) is 0 Å². The first-order valence-corrected chi connectivity index (χ1v) is 8.39. The zero-order valence-corrected chi connectivity index (χ0v) is 13.6. The minimum Gasteiger partial charge on any atom is -0.314 e. The summed E-state index contributed by atoms with van der Waals surface area (Å²) in [5, 5.41) is 3.15. The van der Waals surface area contributed by atoms with E-state index in [4.69, 9.17) is 0 Å². The van der Waals surface area contributed by atoms with Gasteiger partial charge in [0.05, 0.1) is 11.1 Å². The van der Waals surface area contributed by atoms with Gasteiger partial charge in [-0.1, -0.05) is 18.9 Å². The second kappa shape index (κ2) is 6.79. The number of piperazine rings is 1. The zero-order chi connectivity index (χ0) is 18.2. The fourth-order valence-electron chi connectivity index (χ4n) is 3.40. The Morgan fingerprint density at radius 1 is 1.00 bits per heavy atom. The largest absolute Gasteiger partial charge is 0.416 e. The van der Waals surface area contributed by atoms with E-state index in [-0.39, 0.29) is 11.6 Å². The second-order valence-corrected chi connectivity index (χ2v) is 6.78. The third kappa shape index (κ3) is 4.47. The molecule has 1 N–H and O–H groups in total. The molecule has 0 spiro atoms. The quantitative estimate of drug-likeness (QED) is 0.791. The van der Waals surface area contributed by atoms with Gasteiger partial charge in [0.25, 0.3) is 0 Å². The highest BCUT2D eigenvalue weighted by Gasteiger charge is 2.41. The van der Waals surface area contributed by atoms with E-state index in [9.17, 15) is 26.3 Å². The third-order valence-electron chi connectivity index (χ3n) is 4.89. The molecule has 0 aromatic heterocycles. The predicted octanol–water partition coefficient (Wildman–Crippen LogP) is 4.47. The van der Waals surface area contributed by atoms with Crippen LogP contribution in [0.4, 0.5) is 26.3 Å². The van der Waals surface area contributed by atoms with E-state index >= 15 is 0 Å². The van der Waals surface area contributed by atoms with Gasteiger partial charge in [-0.2, -0.15) is 26.3 Å². The summed E-state index contributed by atoms with van der Waals surface area (Å²) in [4.78, 5) is 1.96. The van der Waals surface area contributed by atoms with Crippen LogP contribution in [0.5, 0.6) is 0 Å². The van der Waals surface area contributed by atoms with Crippen LogP contribution >= 0.6 is 0 Å². The van der Waals surface area contributed by atoms with Crippen molar-refractivity contribution in [2.24, 2.45) is 5.92 Å². The van der Waals surface area contributed by atoms with Crippen molar-refractivity contribution in [2.75, 3.05) is 26.2 Å². The first-order valence-electron chi connectivity index (χ1n) is 8.39. The first kappa shape index (κ1) is 18.5. The third-order valence-corrected chi connectivity index (χ3v) is 4.89. The van der Waals surface area contributed by atoms with Crippen molar-refractivity contribution in [1.29, 1.82) is 0 Å². The van der Waals surface area contributed by atoms with Crippen LogP contribution in [-0.4, -0.2) is 31.1 Å². The van der Waals surface area contributed by atoms with Crippen molar-refractivity contribution < 1.29 is 26.3 Å². The molecule has 2 fully saturated rings. The topological polar surface area (TPSA) is 15.3 Å². The van der Waals surface area contributed by atoms with Gasteiger partial charge >= 0.3 is 12.4 Å². The first-order chi connectivity index (χ1) is 11.7. The molecule has 1 saturated heterocycles. The van der Waals surface area contributed by atoms with Gasteiger partial charge in [-0.15, -0.1) is 0 Å². The molecule has 1 aliphatic heterocycles. The molecule has 0 unspecified atom stereocenters. The van der Waals surface area contributed by atoms with Gasteiger partial charge in [-0.25, -0.2) is 0 Å². The fourth-order valence-corrected chi connectivity index (χ4v) is 3.40. The standard InChI is InChI=1S/C17H20F6N2/c18-16(19,20)12-3-4-13(14(10-12)17(21,22)23)15(9-11-1-2-11)25-7-5-24-6-8-25/h3-4,10-11,15,24H,1-2,5-9H2/t15-/m0/s1. The molecule has 25 heavy (non-hydrogen) atoms. The average molecular weight is 366 g/mol. The van der Waals surface area contributed by atoms with Crippen molar-refractivity contribution >= 4 is 0 Å². The van der Waals surface area contributed by atoms with Crippen molar-refractivity contribution in [1.82, 2.24) is 10.2 Å². The lowest BCUT2D eigenvalue weighted by Gasteiger charge is -2.36. The number of rotatable bonds is 4. The minimum atomic E-state index is -4.81. The molecule has 1 aromatic rings. The van der Waals surface area contributed by atoms with E-state index in [0.29, 0.717) is 38.5 Å². The Morgan fingerprint density at radius 3 is 2.16 bits per heavy atom. The molecule has 0 amide bonds. The maximum atomic E-state index is 13.5. The summed E-state index contributed by atoms with van der Waals surface area (Å²) in [7, 11) is 0. The summed E-state index contributed by atoms with van der Waals surface area (Å²) >= 11 is 0.